The molecule has 1 amide bonds. The van der Waals surface area contributed by atoms with E-state index >= 15 is 0 Å². The molecule has 1 atom stereocenters. The zero-order valence-electron chi connectivity index (χ0n) is 13.7. The van der Waals surface area contributed by atoms with Gasteiger partial charge in [0.15, 0.2) is 0 Å². The number of hydrogen-bond donors (Lipinski definition) is 1. The Labute approximate surface area is 149 Å². The van der Waals surface area contributed by atoms with Crippen molar-refractivity contribution in [1.82, 2.24) is 5.01 Å². The van der Waals surface area contributed by atoms with E-state index in [1.807, 2.05) is 41.8 Å². The quantitative estimate of drug-likeness (QED) is 0.859. The van der Waals surface area contributed by atoms with Gasteiger partial charge < -0.3 is 9.84 Å². The maximum atomic E-state index is 12.5. The predicted octanol–water partition coefficient (Wildman–Crippen LogP) is 3.30. The highest BCUT2D eigenvalue weighted by atomic mass is 32.1. The third kappa shape index (κ3) is 3.88. The van der Waals surface area contributed by atoms with E-state index < -0.39 is 5.97 Å². The number of methoxy groups -OCH3 is 1. The summed E-state index contributed by atoms with van der Waals surface area (Å²) in [5, 5.41) is 16.7. The van der Waals surface area contributed by atoms with E-state index in [1.165, 1.54) is 5.01 Å². The largest absolute Gasteiger partial charge is 0.497 e. The van der Waals surface area contributed by atoms with Crippen LogP contribution in [0.4, 0.5) is 0 Å². The summed E-state index contributed by atoms with van der Waals surface area (Å²) in [6.45, 7) is 0. The molecule has 1 aromatic carbocycles. The Hall–Kier alpha value is -2.67. The van der Waals surface area contributed by atoms with Crippen molar-refractivity contribution in [1.29, 1.82) is 0 Å². The van der Waals surface area contributed by atoms with Gasteiger partial charge in [-0.05, 0) is 29.1 Å². The van der Waals surface area contributed by atoms with E-state index in [2.05, 4.69) is 5.10 Å². The highest BCUT2D eigenvalue weighted by Gasteiger charge is 2.33. The van der Waals surface area contributed by atoms with Crippen LogP contribution < -0.4 is 4.74 Å². The van der Waals surface area contributed by atoms with Gasteiger partial charge in [-0.2, -0.15) is 5.10 Å². The summed E-state index contributed by atoms with van der Waals surface area (Å²) in [6.07, 6.45) is 0.313. The van der Waals surface area contributed by atoms with Gasteiger partial charge in [0.05, 0.1) is 30.2 Å². The molecule has 7 heteroatoms. The van der Waals surface area contributed by atoms with E-state index in [0.29, 0.717) is 12.2 Å². The first-order valence-corrected chi connectivity index (χ1v) is 8.75. The molecule has 6 nitrogen and oxygen atoms in total. The highest BCUT2D eigenvalue weighted by molar-refractivity contribution is 7.12. The summed E-state index contributed by atoms with van der Waals surface area (Å²) in [7, 11) is 1.59. The number of aliphatic carboxylic acids is 1. The number of carbonyl (C=O) groups is 2. The second-order valence-corrected chi connectivity index (χ2v) is 6.60. The number of thiophene rings is 1. The zero-order valence-corrected chi connectivity index (χ0v) is 14.5. The lowest BCUT2D eigenvalue weighted by atomic mass is 10.0. The normalized spacial score (nSPS) is 16.6. The summed E-state index contributed by atoms with van der Waals surface area (Å²) in [5.41, 5.74) is 1.75. The van der Waals surface area contributed by atoms with Crippen molar-refractivity contribution in [3.8, 4) is 5.75 Å². The molecular formula is C18H18N2O4S. The third-order valence-electron chi connectivity index (χ3n) is 4.00. The number of carboxylic acid groups (broad SMARTS) is 1. The van der Waals surface area contributed by atoms with Gasteiger partial charge in [0.2, 0.25) is 5.91 Å². The maximum Gasteiger partial charge on any atom is 0.303 e. The fourth-order valence-corrected chi connectivity index (χ4v) is 3.49. The molecule has 0 radical (unpaired) electrons. The molecule has 130 valence electrons. The summed E-state index contributed by atoms with van der Waals surface area (Å²) in [6, 6.07) is 11.2. The summed E-state index contributed by atoms with van der Waals surface area (Å²) in [5.74, 6) is -0.574. The van der Waals surface area contributed by atoms with Crippen molar-refractivity contribution in [2.24, 2.45) is 5.10 Å². The summed E-state index contributed by atoms with van der Waals surface area (Å²) < 4.78 is 5.27. The van der Waals surface area contributed by atoms with Crippen molar-refractivity contribution >= 4 is 28.9 Å². The van der Waals surface area contributed by atoms with Crippen LogP contribution in [0.15, 0.2) is 46.9 Å². The Morgan fingerprint density at radius 1 is 1.32 bits per heavy atom. The molecule has 0 saturated carbocycles. The molecule has 0 spiro atoms. The average molecular weight is 358 g/mol. The number of rotatable bonds is 6. The number of hydrazone groups is 1. The van der Waals surface area contributed by atoms with E-state index in [-0.39, 0.29) is 24.8 Å². The number of hydrogen-bond acceptors (Lipinski definition) is 5. The van der Waals surface area contributed by atoms with Crippen LogP contribution in [-0.2, 0) is 9.59 Å². The lowest BCUT2D eigenvalue weighted by Crippen LogP contribution is -2.27. The second kappa shape index (κ2) is 7.48. The Balaban J connectivity index is 1.89. The molecule has 2 aromatic rings. The fraction of sp³-hybridized carbons (Fsp3) is 0.278. The lowest BCUT2D eigenvalue weighted by molar-refractivity contribution is -0.141. The van der Waals surface area contributed by atoms with Gasteiger partial charge in [0.25, 0.3) is 0 Å². The lowest BCUT2D eigenvalue weighted by Gasteiger charge is -2.22. The average Bonchev–Trinajstić information content (AvgIpc) is 3.28. The smallest absolute Gasteiger partial charge is 0.303 e. The van der Waals surface area contributed by atoms with E-state index in [0.717, 1.165) is 16.2 Å². The molecule has 3 rings (SSSR count). The first-order chi connectivity index (χ1) is 12.1. The summed E-state index contributed by atoms with van der Waals surface area (Å²) in [4.78, 5) is 24.3. The minimum atomic E-state index is -0.993. The second-order valence-electron chi connectivity index (χ2n) is 5.65. The van der Waals surface area contributed by atoms with Gasteiger partial charge in [0.1, 0.15) is 5.75 Å². The minimum Gasteiger partial charge on any atom is -0.497 e. The number of nitrogens with zero attached hydrogens (tertiary/aromatic N) is 2. The van der Waals surface area contributed by atoms with E-state index in [9.17, 15) is 9.59 Å². The topological polar surface area (TPSA) is 79.2 Å². The van der Waals surface area contributed by atoms with Crippen LogP contribution in [0.1, 0.15) is 35.7 Å². The van der Waals surface area contributed by atoms with E-state index in [1.54, 1.807) is 18.4 Å². The molecule has 0 fully saturated rings. The van der Waals surface area contributed by atoms with Crippen molar-refractivity contribution in [2.75, 3.05) is 7.11 Å². The number of carbonyl (C=O) groups excluding carboxylic acids is 1. The molecule has 25 heavy (non-hydrogen) atoms. The number of benzene rings is 1. The molecule has 2 heterocycles. The SMILES string of the molecule is COc1cccc(C2CC(c3cccs3)=NN2C(=O)CCC(=O)O)c1. The van der Waals surface area contributed by atoms with Crippen molar-refractivity contribution in [3.63, 3.8) is 0 Å². The van der Waals surface area contributed by atoms with Gasteiger partial charge >= 0.3 is 5.97 Å². The van der Waals surface area contributed by atoms with Gasteiger partial charge in [-0.3, -0.25) is 9.59 Å². The monoisotopic (exact) mass is 358 g/mol. The molecule has 0 saturated heterocycles. The molecule has 1 aliphatic heterocycles. The van der Waals surface area contributed by atoms with Crippen LogP contribution in [0, 0.1) is 0 Å². The Bertz CT molecular complexity index is 801. The minimum absolute atomic E-state index is 0.0724. The van der Waals surface area contributed by atoms with Gasteiger partial charge in [-0.25, -0.2) is 5.01 Å². The standard InChI is InChI=1S/C18H18N2O4S/c1-24-13-5-2-4-12(10-13)15-11-14(16-6-3-9-25-16)19-20(15)17(21)7-8-18(22)23/h2-6,9-10,15H,7-8,11H2,1H3,(H,22,23). The zero-order chi connectivity index (χ0) is 17.8. The first kappa shape index (κ1) is 17.2. The molecular weight excluding hydrogens is 340 g/mol. The van der Waals surface area contributed by atoms with Crippen LogP contribution in [-0.4, -0.2) is 34.8 Å². The molecule has 1 aliphatic rings. The van der Waals surface area contributed by atoms with Crippen LogP contribution in [0.25, 0.3) is 0 Å². The molecule has 0 bridgehead atoms. The molecule has 1 N–H and O–H groups in total. The Morgan fingerprint density at radius 2 is 2.16 bits per heavy atom. The van der Waals surface area contributed by atoms with Crippen molar-refractivity contribution in [2.45, 2.75) is 25.3 Å². The van der Waals surface area contributed by atoms with Crippen LogP contribution in [0.2, 0.25) is 0 Å². The molecule has 0 aliphatic carbocycles. The Morgan fingerprint density at radius 3 is 2.84 bits per heavy atom. The van der Waals surface area contributed by atoms with E-state index in [4.69, 9.17) is 9.84 Å². The van der Waals surface area contributed by atoms with Gasteiger partial charge in [-0.15, -0.1) is 11.3 Å². The van der Waals surface area contributed by atoms with Crippen LogP contribution in [0.3, 0.4) is 0 Å². The molecule has 1 unspecified atom stereocenters. The van der Waals surface area contributed by atoms with Crippen molar-refractivity contribution < 1.29 is 19.4 Å². The number of carboxylic acids is 1. The van der Waals surface area contributed by atoms with Gasteiger partial charge in [-0.1, -0.05) is 18.2 Å². The van der Waals surface area contributed by atoms with Gasteiger partial charge in [0, 0.05) is 12.8 Å². The number of amides is 1. The maximum absolute atomic E-state index is 12.5. The molecule has 1 aromatic heterocycles. The first-order valence-electron chi connectivity index (χ1n) is 7.87. The van der Waals surface area contributed by atoms with Crippen molar-refractivity contribution in [3.05, 3.63) is 52.2 Å². The highest BCUT2D eigenvalue weighted by Crippen LogP contribution is 2.35. The third-order valence-corrected chi connectivity index (χ3v) is 4.92. The van der Waals surface area contributed by atoms with Crippen LogP contribution >= 0.6 is 11.3 Å². The summed E-state index contributed by atoms with van der Waals surface area (Å²) >= 11 is 1.57. The predicted molar refractivity (Wildman–Crippen MR) is 94.9 cm³/mol. The fourth-order valence-electron chi connectivity index (χ4n) is 2.77. The van der Waals surface area contributed by atoms with Crippen LogP contribution in [0.5, 0.6) is 5.75 Å². The number of ether oxygens (including phenoxy) is 1. The Kier molecular flexibility index (Phi) is 5.14.